The number of carbonyl (C=O) groups is 1. The van der Waals surface area contributed by atoms with Crippen molar-refractivity contribution >= 4 is 5.91 Å². The fourth-order valence-corrected chi connectivity index (χ4v) is 4.73. The Morgan fingerprint density at radius 2 is 2.09 bits per heavy atom. The molecule has 3 fully saturated rings. The maximum absolute atomic E-state index is 12.8. The van der Waals surface area contributed by atoms with Crippen LogP contribution in [0.4, 0.5) is 0 Å². The predicted octanol–water partition coefficient (Wildman–Crippen LogP) is 2.00. The molecule has 0 radical (unpaired) electrons. The number of hydrogen-bond donors (Lipinski definition) is 1. The summed E-state index contributed by atoms with van der Waals surface area (Å²) in [6.07, 6.45) is 11.9. The van der Waals surface area contributed by atoms with E-state index >= 15 is 0 Å². The molecule has 0 aliphatic carbocycles. The lowest BCUT2D eigenvalue weighted by molar-refractivity contribution is -0.133. The first kappa shape index (κ1) is 14.2. The van der Waals surface area contributed by atoms with Crippen LogP contribution in [0.5, 0.6) is 0 Å². The van der Waals surface area contributed by atoms with Crippen LogP contribution >= 0.6 is 0 Å². The number of nitrogens with one attached hydrogen (secondary N) is 1. The molecule has 0 spiro atoms. The van der Waals surface area contributed by atoms with Crippen LogP contribution in [0.15, 0.2) is 12.4 Å². The van der Waals surface area contributed by atoms with Crippen molar-refractivity contribution in [2.75, 3.05) is 6.54 Å². The average Bonchev–Trinajstić information content (AvgIpc) is 3.19. The molecule has 5 nitrogen and oxygen atoms in total. The number of carbonyl (C=O) groups excluding carboxylic acids is 1. The van der Waals surface area contributed by atoms with E-state index in [4.69, 9.17) is 0 Å². The Balaban J connectivity index is 1.41. The van der Waals surface area contributed by atoms with Gasteiger partial charge < -0.3 is 10.2 Å². The van der Waals surface area contributed by atoms with E-state index in [1.165, 1.54) is 31.2 Å². The van der Waals surface area contributed by atoms with E-state index in [1.54, 1.807) is 0 Å². The Morgan fingerprint density at radius 1 is 1.32 bits per heavy atom. The van der Waals surface area contributed by atoms with Gasteiger partial charge in [0.2, 0.25) is 5.91 Å². The van der Waals surface area contributed by atoms with E-state index < -0.39 is 0 Å². The van der Waals surface area contributed by atoms with Gasteiger partial charge in [0.15, 0.2) is 0 Å². The zero-order valence-electron chi connectivity index (χ0n) is 13.4. The molecule has 1 amide bonds. The summed E-state index contributed by atoms with van der Waals surface area (Å²) in [6, 6.07) is 1.59. The molecule has 4 rings (SSSR count). The molecule has 1 aromatic heterocycles. The molecule has 3 aliphatic heterocycles. The number of piperidine rings is 1. The van der Waals surface area contributed by atoms with Gasteiger partial charge in [-0.15, -0.1) is 0 Å². The number of nitrogens with zero attached hydrogens (tertiary/aromatic N) is 3. The number of aromatic nitrogens is 2. The van der Waals surface area contributed by atoms with Gasteiger partial charge in [-0.3, -0.25) is 9.48 Å². The normalized spacial score (nSPS) is 34.3. The number of amides is 1. The Bertz CT molecular complexity index is 543. The van der Waals surface area contributed by atoms with Crippen molar-refractivity contribution in [1.29, 1.82) is 0 Å². The molecule has 3 unspecified atom stereocenters. The van der Waals surface area contributed by atoms with E-state index in [0.717, 1.165) is 25.8 Å². The molecule has 4 heterocycles. The van der Waals surface area contributed by atoms with Crippen molar-refractivity contribution in [3.05, 3.63) is 18.0 Å². The molecule has 1 aromatic rings. The topological polar surface area (TPSA) is 50.2 Å². The van der Waals surface area contributed by atoms with Gasteiger partial charge in [-0.25, -0.2) is 0 Å². The van der Waals surface area contributed by atoms with Crippen molar-refractivity contribution in [1.82, 2.24) is 20.0 Å². The third kappa shape index (κ3) is 2.67. The number of hydrogen-bond acceptors (Lipinski definition) is 3. The van der Waals surface area contributed by atoms with E-state index in [1.807, 2.05) is 17.9 Å². The fourth-order valence-electron chi connectivity index (χ4n) is 4.73. The Kier molecular flexibility index (Phi) is 3.68. The van der Waals surface area contributed by atoms with Gasteiger partial charge in [-0.2, -0.15) is 5.10 Å². The quantitative estimate of drug-likeness (QED) is 0.929. The molecule has 3 saturated heterocycles. The number of rotatable bonds is 3. The highest BCUT2D eigenvalue weighted by Gasteiger charge is 2.37. The first-order valence-electron chi connectivity index (χ1n) is 8.73. The summed E-state index contributed by atoms with van der Waals surface area (Å²) in [5, 5.41) is 7.93. The Morgan fingerprint density at radius 3 is 2.77 bits per heavy atom. The zero-order valence-corrected chi connectivity index (χ0v) is 13.4. The van der Waals surface area contributed by atoms with Crippen LogP contribution in [0.3, 0.4) is 0 Å². The van der Waals surface area contributed by atoms with Gasteiger partial charge in [-0.05, 0) is 44.4 Å². The van der Waals surface area contributed by atoms with Crippen molar-refractivity contribution in [2.24, 2.45) is 13.0 Å². The van der Waals surface area contributed by atoms with Crippen LogP contribution in [0.25, 0.3) is 0 Å². The van der Waals surface area contributed by atoms with E-state index in [-0.39, 0.29) is 6.04 Å². The summed E-state index contributed by atoms with van der Waals surface area (Å²) >= 11 is 0. The highest BCUT2D eigenvalue weighted by molar-refractivity contribution is 5.77. The summed E-state index contributed by atoms with van der Waals surface area (Å²) in [5.41, 5.74) is 1.19. The maximum Gasteiger partial charge on any atom is 0.223 e. The van der Waals surface area contributed by atoms with Crippen LogP contribution in [0.1, 0.15) is 56.6 Å². The lowest BCUT2D eigenvalue weighted by Crippen LogP contribution is -2.40. The summed E-state index contributed by atoms with van der Waals surface area (Å²) in [4.78, 5) is 14.9. The minimum Gasteiger partial charge on any atom is -0.336 e. The molecule has 1 N–H and O–H groups in total. The first-order valence-corrected chi connectivity index (χ1v) is 8.73. The van der Waals surface area contributed by atoms with E-state index in [2.05, 4.69) is 21.5 Å². The highest BCUT2D eigenvalue weighted by atomic mass is 16.2. The van der Waals surface area contributed by atoms with Crippen molar-refractivity contribution in [3.63, 3.8) is 0 Å². The van der Waals surface area contributed by atoms with Crippen LogP contribution in [0.2, 0.25) is 0 Å². The van der Waals surface area contributed by atoms with Crippen LogP contribution in [0, 0.1) is 5.92 Å². The van der Waals surface area contributed by atoms with E-state index in [0.29, 0.717) is 23.9 Å². The molecule has 22 heavy (non-hydrogen) atoms. The second kappa shape index (κ2) is 5.69. The molecule has 5 heteroatoms. The van der Waals surface area contributed by atoms with Crippen molar-refractivity contribution in [3.8, 4) is 0 Å². The fraction of sp³-hybridized carbons (Fsp3) is 0.765. The third-order valence-electron chi connectivity index (χ3n) is 5.72. The SMILES string of the molecule is Cn1cc(C2CCCN2C(=O)CC2CC3CCC(C2)N3)cn1. The van der Waals surface area contributed by atoms with Gasteiger partial charge in [-0.1, -0.05) is 0 Å². The van der Waals surface area contributed by atoms with Crippen LogP contribution < -0.4 is 5.32 Å². The van der Waals surface area contributed by atoms with Gasteiger partial charge in [0.05, 0.1) is 12.2 Å². The smallest absolute Gasteiger partial charge is 0.223 e. The lowest BCUT2D eigenvalue weighted by Gasteiger charge is -2.31. The minimum atomic E-state index is 0.250. The molecular weight excluding hydrogens is 276 g/mol. The van der Waals surface area contributed by atoms with Crippen molar-refractivity contribution < 1.29 is 4.79 Å². The maximum atomic E-state index is 12.8. The Hall–Kier alpha value is -1.36. The summed E-state index contributed by atoms with van der Waals surface area (Å²) in [6.45, 7) is 0.913. The molecule has 3 atom stereocenters. The highest BCUT2D eigenvalue weighted by Crippen LogP contribution is 2.36. The minimum absolute atomic E-state index is 0.250. The van der Waals surface area contributed by atoms with Crippen molar-refractivity contribution in [2.45, 2.75) is 63.1 Å². The molecule has 3 aliphatic rings. The second-order valence-corrected chi connectivity index (χ2v) is 7.37. The summed E-state index contributed by atoms with van der Waals surface area (Å²) in [7, 11) is 1.94. The van der Waals surface area contributed by atoms with Gasteiger partial charge in [0.25, 0.3) is 0 Å². The van der Waals surface area contributed by atoms with Gasteiger partial charge >= 0.3 is 0 Å². The predicted molar refractivity (Wildman–Crippen MR) is 84.2 cm³/mol. The van der Waals surface area contributed by atoms with E-state index in [9.17, 15) is 4.79 Å². The number of aryl methyl sites for hydroxylation is 1. The van der Waals surface area contributed by atoms with Crippen LogP contribution in [-0.2, 0) is 11.8 Å². The molecular formula is C17H26N4O. The lowest BCUT2D eigenvalue weighted by atomic mass is 9.89. The summed E-state index contributed by atoms with van der Waals surface area (Å²) < 4.78 is 1.83. The third-order valence-corrected chi connectivity index (χ3v) is 5.72. The molecule has 2 bridgehead atoms. The molecule has 120 valence electrons. The molecule has 0 aromatic carbocycles. The standard InChI is InChI=1S/C17H26N4O/c1-20-11-13(10-18-20)16-3-2-6-21(16)17(22)9-12-7-14-4-5-15(8-12)19-14/h10-12,14-16,19H,2-9H2,1H3. The number of likely N-dealkylation sites (tertiary alicyclic amines) is 1. The number of fused-ring (bicyclic) bond motifs is 2. The first-order chi connectivity index (χ1) is 10.7. The zero-order chi connectivity index (χ0) is 15.1. The average molecular weight is 302 g/mol. The molecule has 0 saturated carbocycles. The Labute approximate surface area is 132 Å². The van der Waals surface area contributed by atoms with Gasteiger partial charge in [0.1, 0.15) is 0 Å². The monoisotopic (exact) mass is 302 g/mol. The van der Waals surface area contributed by atoms with Gasteiger partial charge in [0, 0.05) is 43.9 Å². The van der Waals surface area contributed by atoms with Crippen LogP contribution in [-0.4, -0.2) is 39.2 Å². The largest absolute Gasteiger partial charge is 0.336 e. The summed E-state index contributed by atoms with van der Waals surface area (Å²) in [5.74, 6) is 0.944. The second-order valence-electron chi connectivity index (χ2n) is 7.37.